The third-order valence-electron chi connectivity index (χ3n) is 4.50. The Hall–Kier alpha value is -3.42. The lowest BCUT2D eigenvalue weighted by Gasteiger charge is -2.21. The molecular weight excluding hydrogens is 362 g/mol. The number of amides is 1. The highest BCUT2D eigenvalue weighted by Gasteiger charge is 2.27. The number of aliphatic carboxylic acids is 1. The highest BCUT2D eigenvalue weighted by atomic mass is 16.6. The molecule has 8 nitrogen and oxygen atoms in total. The number of carbonyl (C=O) groups is 2. The smallest absolute Gasteiger partial charge is 0.323 e. The number of carbonyl (C=O) groups excluding carboxylic acids is 1. The Balaban J connectivity index is 1.79. The van der Waals surface area contributed by atoms with Crippen LogP contribution < -0.4 is 5.32 Å². The average Bonchev–Trinajstić information content (AvgIpc) is 3.49. The molecule has 0 unspecified atom stereocenters. The van der Waals surface area contributed by atoms with Gasteiger partial charge in [-0.3, -0.25) is 19.7 Å². The van der Waals surface area contributed by atoms with Crippen LogP contribution in [0.3, 0.4) is 0 Å². The molecule has 0 aromatic heterocycles. The molecule has 0 heterocycles. The maximum Gasteiger partial charge on any atom is 0.323 e. The van der Waals surface area contributed by atoms with Crippen molar-refractivity contribution in [3.8, 4) is 0 Å². The number of nitro groups is 1. The summed E-state index contributed by atoms with van der Waals surface area (Å²) in [5.41, 5.74) is 1.26. The van der Waals surface area contributed by atoms with Crippen LogP contribution in [0.25, 0.3) is 0 Å². The van der Waals surface area contributed by atoms with Gasteiger partial charge in [0.15, 0.2) is 0 Å². The van der Waals surface area contributed by atoms with Gasteiger partial charge in [0.25, 0.3) is 11.6 Å². The topological polar surface area (TPSA) is 113 Å². The number of hydrogen-bond acceptors (Lipinski definition) is 5. The van der Waals surface area contributed by atoms with E-state index in [2.05, 4.69) is 5.32 Å². The van der Waals surface area contributed by atoms with Crippen LogP contribution in [0.1, 0.15) is 28.8 Å². The Labute approximate surface area is 161 Å². The minimum atomic E-state index is -1.14. The molecule has 146 valence electrons. The van der Waals surface area contributed by atoms with Crippen molar-refractivity contribution in [3.63, 3.8) is 0 Å². The molecular formula is C20H21N3O5. The molecule has 0 spiro atoms. The van der Waals surface area contributed by atoms with E-state index in [0.717, 1.165) is 18.4 Å². The van der Waals surface area contributed by atoms with E-state index in [9.17, 15) is 19.7 Å². The number of nitro benzene ring substituents is 1. The summed E-state index contributed by atoms with van der Waals surface area (Å²) in [6.45, 7) is -0.271. The SMILES string of the molecule is O=C(O)CN(CCc1ccccc1)C(=O)c1ccc(NC2CC2)c([N+](=O)[O-])c1. The number of nitrogens with one attached hydrogen (secondary N) is 1. The van der Waals surface area contributed by atoms with Crippen molar-refractivity contribution < 1.29 is 19.6 Å². The van der Waals surface area contributed by atoms with Gasteiger partial charge in [-0.05, 0) is 37.0 Å². The zero-order chi connectivity index (χ0) is 20.1. The second kappa shape index (κ2) is 8.51. The Morgan fingerprint density at radius 2 is 1.89 bits per heavy atom. The van der Waals surface area contributed by atoms with Gasteiger partial charge in [-0.1, -0.05) is 30.3 Å². The molecule has 0 radical (unpaired) electrons. The molecule has 2 aromatic carbocycles. The first-order valence-electron chi connectivity index (χ1n) is 9.04. The van der Waals surface area contributed by atoms with Gasteiger partial charge in [-0.25, -0.2) is 0 Å². The molecule has 1 aliphatic rings. The first-order valence-corrected chi connectivity index (χ1v) is 9.04. The van der Waals surface area contributed by atoms with Crippen LogP contribution in [-0.4, -0.2) is 45.9 Å². The molecule has 1 fully saturated rings. The summed E-state index contributed by atoms with van der Waals surface area (Å²) in [4.78, 5) is 36.1. The third-order valence-corrected chi connectivity index (χ3v) is 4.50. The number of benzene rings is 2. The minimum absolute atomic E-state index is 0.0994. The fourth-order valence-electron chi connectivity index (χ4n) is 2.89. The molecule has 28 heavy (non-hydrogen) atoms. The van der Waals surface area contributed by atoms with Gasteiger partial charge in [-0.2, -0.15) is 0 Å². The quantitative estimate of drug-likeness (QED) is 0.508. The van der Waals surface area contributed by atoms with E-state index in [1.165, 1.54) is 23.1 Å². The lowest BCUT2D eigenvalue weighted by Crippen LogP contribution is -2.37. The van der Waals surface area contributed by atoms with Gasteiger partial charge in [0.1, 0.15) is 12.2 Å². The third kappa shape index (κ3) is 5.06. The molecule has 8 heteroatoms. The largest absolute Gasteiger partial charge is 0.480 e. The molecule has 0 atom stereocenters. The lowest BCUT2D eigenvalue weighted by molar-refractivity contribution is -0.384. The number of nitrogens with zero attached hydrogens (tertiary/aromatic N) is 2. The minimum Gasteiger partial charge on any atom is -0.480 e. The molecule has 0 bridgehead atoms. The molecule has 0 aliphatic heterocycles. The summed E-state index contributed by atoms with van der Waals surface area (Å²) < 4.78 is 0. The molecule has 1 amide bonds. The number of carboxylic acid groups (broad SMARTS) is 1. The van der Waals surface area contributed by atoms with Gasteiger partial charge in [0.2, 0.25) is 0 Å². The van der Waals surface area contributed by atoms with E-state index in [0.29, 0.717) is 12.1 Å². The van der Waals surface area contributed by atoms with Crippen LogP contribution in [0.4, 0.5) is 11.4 Å². The summed E-state index contributed by atoms with van der Waals surface area (Å²) in [5.74, 6) is -1.68. The van der Waals surface area contributed by atoms with E-state index >= 15 is 0 Å². The van der Waals surface area contributed by atoms with Crippen LogP contribution >= 0.6 is 0 Å². The van der Waals surface area contributed by atoms with Gasteiger partial charge in [-0.15, -0.1) is 0 Å². The second-order valence-electron chi connectivity index (χ2n) is 6.76. The molecule has 2 aromatic rings. The fraction of sp³-hybridized carbons (Fsp3) is 0.300. The summed E-state index contributed by atoms with van der Waals surface area (Å²) in [6, 6.07) is 13.9. The summed E-state index contributed by atoms with van der Waals surface area (Å²) in [6.07, 6.45) is 2.41. The Morgan fingerprint density at radius 1 is 1.18 bits per heavy atom. The van der Waals surface area contributed by atoms with E-state index in [1.807, 2.05) is 30.3 Å². The molecule has 1 saturated carbocycles. The van der Waals surface area contributed by atoms with Gasteiger partial charge >= 0.3 is 5.97 Å². The fourth-order valence-corrected chi connectivity index (χ4v) is 2.89. The van der Waals surface area contributed by atoms with E-state index in [4.69, 9.17) is 5.11 Å². The summed E-state index contributed by atoms with van der Waals surface area (Å²) >= 11 is 0. The van der Waals surface area contributed by atoms with Crippen molar-refractivity contribution in [1.82, 2.24) is 4.90 Å². The van der Waals surface area contributed by atoms with Crippen LogP contribution in [-0.2, 0) is 11.2 Å². The van der Waals surface area contributed by atoms with Gasteiger partial charge in [0.05, 0.1) is 4.92 Å². The monoisotopic (exact) mass is 383 g/mol. The molecule has 3 rings (SSSR count). The van der Waals surface area contributed by atoms with Crippen molar-refractivity contribution in [1.29, 1.82) is 0 Å². The van der Waals surface area contributed by atoms with Gasteiger partial charge in [0, 0.05) is 24.2 Å². The van der Waals surface area contributed by atoms with Crippen molar-refractivity contribution in [3.05, 3.63) is 69.8 Å². The van der Waals surface area contributed by atoms with E-state index in [-0.39, 0.29) is 23.8 Å². The van der Waals surface area contributed by atoms with E-state index < -0.39 is 23.3 Å². The first kappa shape index (κ1) is 19.3. The van der Waals surface area contributed by atoms with Crippen LogP contribution in [0.2, 0.25) is 0 Å². The number of hydrogen-bond donors (Lipinski definition) is 2. The standard InChI is InChI=1S/C20H21N3O5/c24-19(25)13-22(11-10-14-4-2-1-3-5-14)20(26)15-6-9-17(21-16-7-8-16)18(12-15)23(27)28/h1-6,9,12,16,21H,7-8,10-11,13H2,(H,24,25). The molecule has 1 aliphatic carbocycles. The predicted octanol–water partition coefficient (Wildman–Crippen LogP) is 2.94. The van der Waals surface area contributed by atoms with Crippen LogP contribution in [0.5, 0.6) is 0 Å². The van der Waals surface area contributed by atoms with E-state index in [1.54, 1.807) is 0 Å². The van der Waals surface area contributed by atoms with Crippen molar-refractivity contribution in [2.45, 2.75) is 25.3 Å². The zero-order valence-corrected chi connectivity index (χ0v) is 15.2. The van der Waals surface area contributed by atoms with Crippen molar-refractivity contribution in [2.75, 3.05) is 18.4 Å². The average molecular weight is 383 g/mol. The van der Waals surface area contributed by atoms with Crippen LogP contribution in [0.15, 0.2) is 48.5 Å². The Kier molecular flexibility index (Phi) is 5.88. The first-order chi connectivity index (χ1) is 13.4. The normalized spacial score (nSPS) is 13.0. The number of carboxylic acids is 1. The highest BCUT2D eigenvalue weighted by molar-refractivity contribution is 5.97. The number of rotatable bonds is 9. The summed E-state index contributed by atoms with van der Waals surface area (Å²) in [7, 11) is 0. The van der Waals surface area contributed by atoms with Crippen molar-refractivity contribution in [2.24, 2.45) is 0 Å². The summed E-state index contributed by atoms with van der Waals surface area (Å²) in [5, 5.41) is 23.6. The maximum absolute atomic E-state index is 12.8. The highest BCUT2D eigenvalue weighted by Crippen LogP contribution is 2.31. The van der Waals surface area contributed by atoms with Gasteiger partial charge < -0.3 is 15.3 Å². The molecule has 0 saturated heterocycles. The lowest BCUT2D eigenvalue weighted by atomic mass is 10.1. The van der Waals surface area contributed by atoms with Crippen molar-refractivity contribution >= 4 is 23.3 Å². The zero-order valence-electron chi connectivity index (χ0n) is 15.2. The predicted molar refractivity (Wildman–Crippen MR) is 103 cm³/mol. The molecule has 2 N–H and O–H groups in total. The maximum atomic E-state index is 12.8. The Morgan fingerprint density at radius 3 is 2.50 bits per heavy atom. The number of anilines is 1. The Bertz CT molecular complexity index is 881. The van der Waals surface area contributed by atoms with Crippen LogP contribution in [0, 0.1) is 10.1 Å². The second-order valence-corrected chi connectivity index (χ2v) is 6.76.